The minimum atomic E-state index is -0.444. The van der Waals surface area contributed by atoms with Crippen LogP contribution in [0.4, 0.5) is 0 Å². The number of carbonyl (C=O) groups excluding carboxylic acids is 1. The molecule has 0 aliphatic carbocycles. The molecule has 2 heterocycles. The molecule has 0 amide bonds. The lowest BCUT2D eigenvalue weighted by molar-refractivity contribution is -0.146. The quantitative estimate of drug-likeness (QED) is 0.444. The van der Waals surface area contributed by atoms with Crippen LogP contribution in [0.1, 0.15) is 6.92 Å². The standard InChI is InChI=1S/C6H7NO3/c1-3-4-2-9-6(8)5(4)10-7-3/h4-5H,2H2,1H3. The average Bonchev–Trinajstić information content (AvgIpc) is 2.41. The lowest BCUT2D eigenvalue weighted by atomic mass is 10.0. The molecule has 0 N–H and O–H groups in total. The first-order valence-electron chi connectivity index (χ1n) is 3.16. The van der Waals surface area contributed by atoms with Crippen LogP contribution in [0.3, 0.4) is 0 Å². The third kappa shape index (κ3) is 0.558. The number of nitrogens with zero attached hydrogens (tertiary/aromatic N) is 1. The molecule has 2 aliphatic rings. The highest BCUT2D eigenvalue weighted by Gasteiger charge is 2.44. The summed E-state index contributed by atoms with van der Waals surface area (Å²) < 4.78 is 4.75. The van der Waals surface area contributed by atoms with Gasteiger partial charge in [0.2, 0.25) is 6.10 Å². The number of carbonyl (C=O) groups is 1. The molecule has 4 heteroatoms. The van der Waals surface area contributed by atoms with Crippen molar-refractivity contribution in [1.82, 2.24) is 0 Å². The second-order valence-corrected chi connectivity index (χ2v) is 2.50. The van der Waals surface area contributed by atoms with Gasteiger partial charge in [0.25, 0.3) is 0 Å². The molecular weight excluding hydrogens is 134 g/mol. The maximum absolute atomic E-state index is 10.8. The van der Waals surface area contributed by atoms with E-state index in [0.717, 1.165) is 5.71 Å². The van der Waals surface area contributed by atoms with Gasteiger partial charge in [0.1, 0.15) is 6.61 Å². The van der Waals surface area contributed by atoms with Crippen molar-refractivity contribution in [2.45, 2.75) is 13.0 Å². The van der Waals surface area contributed by atoms with Crippen LogP contribution in [-0.2, 0) is 14.4 Å². The molecule has 0 spiro atoms. The van der Waals surface area contributed by atoms with Gasteiger partial charge in [0.15, 0.2) is 0 Å². The molecule has 1 fully saturated rings. The van der Waals surface area contributed by atoms with E-state index in [2.05, 4.69) is 5.16 Å². The molecule has 0 aromatic heterocycles. The Bertz CT molecular complexity index is 211. The zero-order valence-electron chi connectivity index (χ0n) is 5.53. The topological polar surface area (TPSA) is 47.9 Å². The lowest BCUT2D eigenvalue weighted by Gasteiger charge is -1.98. The van der Waals surface area contributed by atoms with Crippen LogP contribution in [0, 0.1) is 5.92 Å². The van der Waals surface area contributed by atoms with Crippen molar-refractivity contribution < 1.29 is 14.4 Å². The maximum Gasteiger partial charge on any atom is 0.351 e. The van der Waals surface area contributed by atoms with Crippen LogP contribution in [0.25, 0.3) is 0 Å². The van der Waals surface area contributed by atoms with Gasteiger partial charge in [-0.15, -0.1) is 0 Å². The molecule has 0 bridgehead atoms. The minimum Gasteiger partial charge on any atom is -0.462 e. The van der Waals surface area contributed by atoms with Crippen LogP contribution in [-0.4, -0.2) is 24.4 Å². The van der Waals surface area contributed by atoms with Crippen LogP contribution < -0.4 is 0 Å². The van der Waals surface area contributed by atoms with Crippen molar-refractivity contribution in [3.8, 4) is 0 Å². The number of cyclic esters (lactones) is 1. The van der Waals surface area contributed by atoms with E-state index in [0.29, 0.717) is 6.61 Å². The van der Waals surface area contributed by atoms with Gasteiger partial charge in [-0.05, 0) is 6.92 Å². The van der Waals surface area contributed by atoms with E-state index in [9.17, 15) is 4.79 Å². The highest BCUT2D eigenvalue weighted by molar-refractivity contribution is 5.93. The van der Waals surface area contributed by atoms with E-state index in [-0.39, 0.29) is 11.9 Å². The molecule has 2 atom stereocenters. The second-order valence-electron chi connectivity index (χ2n) is 2.50. The number of oxime groups is 1. The van der Waals surface area contributed by atoms with E-state index in [1.54, 1.807) is 0 Å². The molecule has 2 aliphatic heterocycles. The van der Waals surface area contributed by atoms with Gasteiger partial charge in [-0.3, -0.25) is 0 Å². The summed E-state index contributed by atoms with van der Waals surface area (Å²) in [6.45, 7) is 2.27. The van der Waals surface area contributed by atoms with Gasteiger partial charge in [-0.2, -0.15) is 0 Å². The Labute approximate surface area is 57.8 Å². The Kier molecular flexibility index (Phi) is 0.977. The SMILES string of the molecule is CC1=NOC2C(=O)OCC12. The van der Waals surface area contributed by atoms with E-state index in [4.69, 9.17) is 9.57 Å². The van der Waals surface area contributed by atoms with Crippen LogP contribution in [0.2, 0.25) is 0 Å². The third-order valence-electron chi connectivity index (χ3n) is 1.85. The fraction of sp³-hybridized carbons (Fsp3) is 0.667. The zero-order valence-corrected chi connectivity index (χ0v) is 5.53. The molecule has 0 saturated carbocycles. The molecule has 2 rings (SSSR count). The molecule has 0 aromatic carbocycles. The Balaban J connectivity index is 2.24. The van der Waals surface area contributed by atoms with Gasteiger partial charge >= 0.3 is 5.97 Å². The Morgan fingerprint density at radius 2 is 2.50 bits per heavy atom. The van der Waals surface area contributed by atoms with Crippen molar-refractivity contribution >= 4 is 11.7 Å². The van der Waals surface area contributed by atoms with E-state index < -0.39 is 6.10 Å². The fourth-order valence-corrected chi connectivity index (χ4v) is 1.17. The third-order valence-corrected chi connectivity index (χ3v) is 1.85. The van der Waals surface area contributed by atoms with Gasteiger partial charge in [-0.25, -0.2) is 4.79 Å². The Morgan fingerprint density at radius 3 is 3.20 bits per heavy atom. The highest BCUT2D eigenvalue weighted by atomic mass is 16.7. The normalized spacial score (nSPS) is 36.5. The predicted octanol–water partition coefficient (Wildman–Crippen LogP) is -0.0659. The Hall–Kier alpha value is -1.06. The van der Waals surface area contributed by atoms with Crippen molar-refractivity contribution in [1.29, 1.82) is 0 Å². The largest absolute Gasteiger partial charge is 0.462 e. The molecule has 10 heavy (non-hydrogen) atoms. The number of esters is 1. The number of rotatable bonds is 0. The van der Waals surface area contributed by atoms with Crippen molar-refractivity contribution in [2.24, 2.45) is 11.1 Å². The lowest BCUT2D eigenvalue weighted by Crippen LogP contribution is -2.22. The van der Waals surface area contributed by atoms with Gasteiger partial charge < -0.3 is 9.57 Å². The summed E-state index contributed by atoms with van der Waals surface area (Å²) >= 11 is 0. The minimum absolute atomic E-state index is 0.0764. The summed E-state index contributed by atoms with van der Waals surface area (Å²) in [6, 6.07) is 0. The smallest absolute Gasteiger partial charge is 0.351 e. The molecule has 0 radical (unpaired) electrons. The summed E-state index contributed by atoms with van der Waals surface area (Å²) in [5.41, 5.74) is 0.857. The number of hydrogen-bond acceptors (Lipinski definition) is 4. The molecular formula is C6H7NO3. The van der Waals surface area contributed by atoms with Crippen LogP contribution in [0.5, 0.6) is 0 Å². The number of fused-ring (bicyclic) bond motifs is 1. The highest BCUT2D eigenvalue weighted by Crippen LogP contribution is 2.25. The molecule has 54 valence electrons. The van der Waals surface area contributed by atoms with E-state index >= 15 is 0 Å². The monoisotopic (exact) mass is 141 g/mol. The van der Waals surface area contributed by atoms with Crippen LogP contribution in [0.15, 0.2) is 5.16 Å². The average molecular weight is 141 g/mol. The Morgan fingerprint density at radius 1 is 1.70 bits per heavy atom. The summed E-state index contributed by atoms with van der Waals surface area (Å²) in [5.74, 6) is -0.210. The van der Waals surface area contributed by atoms with Gasteiger partial charge in [0.05, 0.1) is 11.6 Å². The first-order chi connectivity index (χ1) is 4.79. The first-order valence-corrected chi connectivity index (χ1v) is 3.16. The number of ether oxygens (including phenoxy) is 1. The van der Waals surface area contributed by atoms with Gasteiger partial charge in [-0.1, -0.05) is 5.16 Å². The summed E-state index contributed by atoms with van der Waals surface area (Å²) in [6.07, 6.45) is -0.444. The van der Waals surface area contributed by atoms with Gasteiger partial charge in [0, 0.05) is 0 Å². The van der Waals surface area contributed by atoms with E-state index in [1.807, 2.05) is 6.92 Å². The van der Waals surface area contributed by atoms with Crippen molar-refractivity contribution in [2.75, 3.05) is 6.61 Å². The first kappa shape index (κ1) is 5.70. The summed E-state index contributed by atoms with van der Waals surface area (Å²) in [4.78, 5) is 15.6. The summed E-state index contributed by atoms with van der Waals surface area (Å²) in [7, 11) is 0. The summed E-state index contributed by atoms with van der Waals surface area (Å²) in [5, 5.41) is 3.69. The fourth-order valence-electron chi connectivity index (χ4n) is 1.17. The molecule has 4 nitrogen and oxygen atoms in total. The van der Waals surface area contributed by atoms with Crippen molar-refractivity contribution in [3.05, 3.63) is 0 Å². The van der Waals surface area contributed by atoms with Crippen molar-refractivity contribution in [3.63, 3.8) is 0 Å². The second kappa shape index (κ2) is 1.71. The maximum atomic E-state index is 10.8. The molecule has 2 unspecified atom stereocenters. The van der Waals surface area contributed by atoms with Crippen LogP contribution >= 0.6 is 0 Å². The van der Waals surface area contributed by atoms with E-state index in [1.165, 1.54) is 0 Å². The zero-order chi connectivity index (χ0) is 7.14. The predicted molar refractivity (Wildman–Crippen MR) is 32.4 cm³/mol. The number of hydrogen-bond donors (Lipinski definition) is 0. The molecule has 1 saturated heterocycles. The molecule has 0 aromatic rings.